The Kier molecular flexibility index (Phi) is 20.6. The highest BCUT2D eigenvalue weighted by Gasteiger charge is 2.26. The molecule has 0 unspecified atom stereocenters. The van der Waals surface area contributed by atoms with Crippen LogP contribution in [0.5, 0.6) is 0 Å². The molecule has 1 aliphatic heterocycles. The molecule has 2 atom stereocenters. The molecule has 0 spiro atoms. The number of carbonyl (C=O) groups is 1. The van der Waals surface area contributed by atoms with E-state index in [1.807, 2.05) is 0 Å². The van der Waals surface area contributed by atoms with E-state index < -0.39 is 6.16 Å². The zero-order chi connectivity index (χ0) is 26.9. The summed E-state index contributed by atoms with van der Waals surface area (Å²) < 4.78 is 24.2. The fraction of sp³-hybridized carbons (Fsp3) is 0.871. The molecule has 0 aromatic carbocycles. The maximum absolute atomic E-state index is 11.8. The van der Waals surface area contributed by atoms with E-state index in [0.717, 1.165) is 45.1 Å². The van der Waals surface area contributed by atoms with E-state index in [2.05, 4.69) is 28.6 Å². The number of unbranched alkanes of at least 4 members (excludes halogenated alkanes) is 17. The molecule has 1 saturated heterocycles. The van der Waals surface area contributed by atoms with Gasteiger partial charge in [-0.05, 0) is 32.1 Å². The first kappa shape index (κ1) is 33.0. The number of hydrogen-bond donors (Lipinski definition) is 0. The number of thiazole rings is 1. The summed E-state index contributed by atoms with van der Waals surface area (Å²) in [5.41, 5.74) is 2.13. The molecule has 1 aromatic rings. The zero-order valence-corrected chi connectivity index (χ0v) is 25.1. The first-order valence-electron chi connectivity index (χ1n) is 15.8. The van der Waals surface area contributed by atoms with Crippen molar-refractivity contribution in [3.8, 4) is 0 Å². The first-order valence-corrected chi connectivity index (χ1v) is 16.7. The van der Waals surface area contributed by atoms with Gasteiger partial charge in [0.05, 0.1) is 18.6 Å². The molecule has 1 aliphatic rings. The summed E-state index contributed by atoms with van der Waals surface area (Å²) in [4.78, 5) is 11.8. The number of hydrogen-bond acceptors (Lipinski definition) is 6. The van der Waals surface area contributed by atoms with Crippen molar-refractivity contribution in [2.75, 3.05) is 19.8 Å². The van der Waals surface area contributed by atoms with Crippen LogP contribution in [0.25, 0.3) is 0 Å². The Balaban J connectivity index is 1.29. The van der Waals surface area contributed by atoms with Crippen molar-refractivity contribution in [3.63, 3.8) is 0 Å². The van der Waals surface area contributed by atoms with Crippen LogP contribution in [0.15, 0.2) is 17.1 Å². The highest BCUT2D eigenvalue weighted by molar-refractivity contribution is 7.07. The van der Waals surface area contributed by atoms with E-state index in [-0.39, 0.29) is 19.0 Å². The van der Waals surface area contributed by atoms with Gasteiger partial charge in [-0.25, -0.2) is 4.79 Å². The third kappa shape index (κ3) is 18.2. The van der Waals surface area contributed by atoms with E-state index in [1.54, 1.807) is 11.3 Å². The number of nitrogens with zero attached hydrogens (tertiary/aromatic N) is 1. The third-order valence-electron chi connectivity index (χ3n) is 7.30. The fourth-order valence-corrected chi connectivity index (χ4v) is 5.56. The molecule has 0 aliphatic carbocycles. The molecule has 0 amide bonds. The van der Waals surface area contributed by atoms with Gasteiger partial charge in [-0.3, -0.25) is 0 Å². The summed E-state index contributed by atoms with van der Waals surface area (Å²) in [5.74, 6) is 0. The van der Waals surface area contributed by atoms with E-state index in [1.165, 1.54) is 89.9 Å². The van der Waals surface area contributed by atoms with Crippen LogP contribution in [0.3, 0.4) is 0 Å². The van der Waals surface area contributed by atoms with Crippen molar-refractivity contribution in [2.24, 2.45) is 0 Å². The molecule has 220 valence electrons. The van der Waals surface area contributed by atoms with Gasteiger partial charge < -0.3 is 18.9 Å². The molecule has 1 aromatic heterocycles. The minimum atomic E-state index is -0.603. The van der Waals surface area contributed by atoms with Crippen LogP contribution in [-0.2, 0) is 25.5 Å². The van der Waals surface area contributed by atoms with Gasteiger partial charge in [0, 0.05) is 6.42 Å². The minimum Gasteiger partial charge on any atom is -0.434 e. The van der Waals surface area contributed by atoms with Gasteiger partial charge in [-0.15, -0.1) is 0 Å². The van der Waals surface area contributed by atoms with Crippen LogP contribution in [0, 0.1) is 0 Å². The summed E-state index contributed by atoms with van der Waals surface area (Å²) in [6.45, 7) is 4.43. The molecule has 2 rings (SSSR count). The van der Waals surface area contributed by atoms with Crippen LogP contribution < -0.4 is 4.57 Å². The molecule has 38 heavy (non-hydrogen) atoms. The van der Waals surface area contributed by atoms with Gasteiger partial charge in [-0.1, -0.05) is 108 Å². The highest BCUT2D eigenvalue weighted by atomic mass is 32.1. The lowest BCUT2D eigenvalue weighted by molar-refractivity contribution is -0.692. The summed E-state index contributed by atoms with van der Waals surface area (Å²) in [6.07, 6.45) is 26.8. The zero-order valence-electron chi connectivity index (χ0n) is 24.3. The number of aryl methyl sites for hydroxylation is 1. The Morgan fingerprint density at radius 2 is 1.42 bits per heavy atom. The summed E-state index contributed by atoms with van der Waals surface area (Å²) in [7, 11) is 0. The molecule has 0 bridgehead atoms. The van der Waals surface area contributed by atoms with Crippen LogP contribution in [-0.4, -0.2) is 38.4 Å². The molecular weight excluding hydrogens is 498 g/mol. The lowest BCUT2D eigenvalue weighted by Gasteiger charge is -2.12. The number of aromatic nitrogens is 1. The van der Waals surface area contributed by atoms with Crippen LogP contribution in [0.4, 0.5) is 4.79 Å². The molecular formula is C31H56NO5S+. The van der Waals surface area contributed by atoms with E-state index in [4.69, 9.17) is 18.9 Å². The molecule has 0 radical (unpaired) electrons. The number of carbonyl (C=O) groups excluding carboxylic acids is 1. The lowest BCUT2D eigenvalue weighted by atomic mass is 10.0. The summed E-state index contributed by atoms with van der Waals surface area (Å²) in [6, 6.07) is 0. The third-order valence-corrected chi connectivity index (χ3v) is 7.97. The Bertz CT molecular complexity index is 657. The minimum absolute atomic E-state index is 0.158. The molecule has 0 N–H and O–H groups in total. The Labute approximate surface area is 236 Å². The van der Waals surface area contributed by atoms with E-state index in [9.17, 15) is 4.79 Å². The van der Waals surface area contributed by atoms with Crippen LogP contribution in [0.2, 0.25) is 0 Å². The second-order valence-electron chi connectivity index (χ2n) is 10.8. The first-order chi connectivity index (χ1) is 18.8. The standard InChI is InChI=1S/C31H56NO5S/c1-2-3-4-5-6-7-8-9-10-11-12-13-14-15-18-21-30-35-26-29(37-30)27-36-31(33)34-24-20-17-16-19-22-32-23-25-38-28-32/h23,25,28-30H,2-22,24,26-27H2,1H3/q+1/t29-,30+/m1/s1. The average Bonchev–Trinajstić information content (AvgIpc) is 3.61. The molecule has 0 saturated carbocycles. The topological polar surface area (TPSA) is 57.9 Å². The number of rotatable bonds is 25. The van der Waals surface area contributed by atoms with Gasteiger partial charge in [0.1, 0.15) is 19.3 Å². The fourth-order valence-electron chi connectivity index (χ4n) is 4.93. The average molecular weight is 555 g/mol. The highest BCUT2D eigenvalue weighted by Crippen LogP contribution is 2.19. The second-order valence-corrected chi connectivity index (χ2v) is 11.6. The van der Waals surface area contributed by atoms with Gasteiger partial charge in [0.2, 0.25) is 5.51 Å². The Hall–Kier alpha value is -1.18. The molecule has 7 heteroatoms. The van der Waals surface area contributed by atoms with Crippen molar-refractivity contribution >= 4 is 17.5 Å². The lowest BCUT2D eigenvalue weighted by Crippen LogP contribution is -2.29. The smallest absolute Gasteiger partial charge is 0.434 e. The predicted molar refractivity (Wildman–Crippen MR) is 154 cm³/mol. The monoisotopic (exact) mass is 554 g/mol. The summed E-state index contributed by atoms with van der Waals surface area (Å²) >= 11 is 1.71. The number of ether oxygens (including phenoxy) is 4. The molecule has 2 heterocycles. The van der Waals surface area contributed by atoms with E-state index in [0.29, 0.717) is 13.2 Å². The van der Waals surface area contributed by atoms with E-state index >= 15 is 0 Å². The molecule has 1 fully saturated rings. The van der Waals surface area contributed by atoms with Gasteiger partial charge in [0.15, 0.2) is 12.5 Å². The summed E-state index contributed by atoms with van der Waals surface area (Å²) in [5, 5.41) is 2.09. The van der Waals surface area contributed by atoms with Gasteiger partial charge in [0.25, 0.3) is 0 Å². The van der Waals surface area contributed by atoms with Gasteiger partial charge in [-0.2, -0.15) is 4.57 Å². The quantitative estimate of drug-likeness (QED) is 0.0687. The van der Waals surface area contributed by atoms with Crippen LogP contribution >= 0.6 is 11.3 Å². The van der Waals surface area contributed by atoms with Crippen molar-refractivity contribution < 1.29 is 28.3 Å². The molecule has 6 nitrogen and oxygen atoms in total. The maximum Gasteiger partial charge on any atom is 0.508 e. The van der Waals surface area contributed by atoms with Crippen molar-refractivity contribution in [3.05, 3.63) is 17.1 Å². The predicted octanol–water partition coefficient (Wildman–Crippen LogP) is 8.75. The Morgan fingerprint density at radius 1 is 0.816 bits per heavy atom. The maximum atomic E-state index is 11.8. The van der Waals surface area contributed by atoms with Crippen molar-refractivity contribution in [2.45, 2.75) is 154 Å². The SMILES string of the molecule is CCCCCCCCCCCCCCCCC[C@H]1OC[C@H](COC(=O)OCCCCCC[n+]2ccsc2)O1. The normalized spacial score (nSPS) is 17.2. The Morgan fingerprint density at radius 3 is 2.05 bits per heavy atom. The van der Waals surface area contributed by atoms with Crippen LogP contribution in [0.1, 0.15) is 135 Å². The second kappa shape index (κ2) is 23.7. The van der Waals surface area contributed by atoms with Gasteiger partial charge >= 0.3 is 6.16 Å². The van der Waals surface area contributed by atoms with Crippen molar-refractivity contribution in [1.82, 2.24) is 0 Å². The van der Waals surface area contributed by atoms with Crippen molar-refractivity contribution in [1.29, 1.82) is 0 Å². The largest absolute Gasteiger partial charge is 0.508 e.